The number of nitrogens with one attached hydrogen (secondary N) is 1. The number of anilines is 2. The van der Waals surface area contributed by atoms with Crippen molar-refractivity contribution in [3.63, 3.8) is 0 Å². The fourth-order valence-corrected chi connectivity index (χ4v) is 9.21. The Labute approximate surface area is 468 Å². The van der Waals surface area contributed by atoms with E-state index in [0.29, 0.717) is 42.5 Å². The van der Waals surface area contributed by atoms with Crippen molar-refractivity contribution in [1.29, 1.82) is 0 Å². The number of carbonyl (C=O) groups excluding carboxylic acids is 1. The van der Waals surface area contributed by atoms with Gasteiger partial charge in [0.1, 0.15) is 16.7 Å². The summed E-state index contributed by atoms with van der Waals surface area (Å²) in [5, 5.41) is 16.9. The quantitative estimate of drug-likeness (QED) is 0.143. The van der Waals surface area contributed by atoms with Gasteiger partial charge in [0.15, 0.2) is 11.4 Å². The molecule has 0 spiro atoms. The van der Waals surface area contributed by atoms with Gasteiger partial charge >= 0.3 is 30.8 Å². The molecule has 0 saturated carbocycles. The summed E-state index contributed by atoms with van der Waals surface area (Å²) in [4.78, 5) is 20.4. The Balaban J connectivity index is 0.000000242. The third-order valence-electron chi connectivity index (χ3n) is 13.3. The molecule has 6 heterocycles. The number of alkyl halides is 12. The lowest BCUT2D eigenvalue weighted by Crippen LogP contribution is -2.46. The largest absolute Gasteiger partial charge is 0.474 e. The number of nitrogen functional groups attached to an aromatic ring is 1. The number of halogens is 12. The minimum Gasteiger partial charge on any atom is -0.474 e. The first-order valence-corrected chi connectivity index (χ1v) is 26.2. The van der Waals surface area contributed by atoms with Gasteiger partial charge < -0.3 is 38.3 Å². The van der Waals surface area contributed by atoms with Crippen LogP contribution in [0, 0.1) is 11.8 Å². The van der Waals surface area contributed by atoms with Crippen LogP contribution in [0.1, 0.15) is 134 Å². The van der Waals surface area contributed by atoms with Crippen molar-refractivity contribution >= 4 is 17.5 Å². The minimum atomic E-state index is -5.05. The first kappa shape index (κ1) is 63.4. The standard InChI is InChI=1S/C30H34F6N4O5.C25H26F6N4O3/c1-17-10-9-11-18(2)43-23-20(29(31,32)33)14-21(37-26(41)45-27(3,4)5)22(38-23)24-39-40-25(44-24)28(15-17,30(34,35)36)42-16-19-12-7-6-8-13-19;1-14-7-6-8-15(2)37-20-17(24(26,27)28)11-18(32)19(33-20)21-34-35-22(38-21)23(12-14,25(29,30)31)36-13-16-9-4-3-5-10-16/h6-8,12-14,17-18H,9-11,15-16H2,1-5H3,(H,37,41);3-5,9-11,14-15H,6-8,12-13,32H2,1-2H3/t17?,18-,28-;14?,15-,23-/m11/s1. The van der Waals surface area contributed by atoms with Crippen molar-refractivity contribution in [1.82, 2.24) is 30.4 Å². The molecule has 2 aliphatic heterocycles. The maximum atomic E-state index is 15.1. The summed E-state index contributed by atoms with van der Waals surface area (Å²) < 4.78 is 212. The van der Waals surface area contributed by atoms with Gasteiger partial charge in [-0.15, -0.1) is 20.4 Å². The van der Waals surface area contributed by atoms with Crippen LogP contribution in [0.4, 0.5) is 68.9 Å². The lowest BCUT2D eigenvalue weighted by Gasteiger charge is -2.34. The second-order valence-electron chi connectivity index (χ2n) is 21.5. The van der Waals surface area contributed by atoms with E-state index in [1.54, 1.807) is 81.4 Å². The summed E-state index contributed by atoms with van der Waals surface area (Å²) in [5.74, 6) is -5.94. The van der Waals surface area contributed by atoms with E-state index in [9.17, 15) is 44.3 Å². The van der Waals surface area contributed by atoms with E-state index >= 15 is 13.2 Å². The molecule has 3 N–H and O–H groups in total. The molecule has 1 amide bonds. The maximum absolute atomic E-state index is 15.1. The summed E-state index contributed by atoms with van der Waals surface area (Å²) in [6.07, 6.45) is -21.8. The van der Waals surface area contributed by atoms with Gasteiger partial charge in [-0.2, -0.15) is 52.7 Å². The Morgan fingerprint density at radius 2 is 1.01 bits per heavy atom. The zero-order chi connectivity index (χ0) is 60.9. The van der Waals surface area contributed by atoms with Gasteiger partial charge in [-0.1, -0.05) is 87.4 Å². The van der Waals surface area contributed by atoms with Gasteiger partial charge in [-0.3, -0.25) is 5.32 Å². The highest BCUT2D eigenvalue weighted by molar-refractivity contribution is 5.89. The van der Waals surface area contributed by atoms with Gasteiger partial charge in [0.05, 0.1) is 36.8 Å². The summed E-state index contributed by atoms with van der Waals surface area (Å²) in [6.45, 7) is 10.1. The molecule has 0 saturated heterocycles. The number of aromatic nitrogens is 6. The molecular formula is C55H60F12N8O8. The number of ether oxygens (including phenoxy) is 5. The molecule has 4 aromatic heterocycles. The van der Waals surface area contributed by atoms with E-state index in [0.717, 1.165) is 0 Å². The number of carbonyl (C=O) groups is 1. The number of nitrogens with two attached hydrogens (primary N) is 1. The third kappa shape index (κ3) is 15.5. The number of benzene rings is 2. The van der Waals surface area contributed by atoms with E-state index in [1.807, 2.05) is 0 Å². The molecule has 8 bridgehead atoms. The number of pyridine rings is 2. The van der Waals surface area contributed by atoms with Crippen molar-refractivity contribution in [2.45, 2.75) is 167 Å². The molecule has 83 heavy (non-hydrogen) atoms. The second kappa shape index (κ2) is 24.9. The third-order valence-corrected chi connectivity index (χ3v) is 13.3. The fourth-order valence-electron chi connectivity index (χ4n) is 9.21. The van der Waals surface area contributed by atoms with E-state index in [2.05, 4.69) is 35.7 Å². The van der Waals surface area contributed by atoms with Gasteiger partial charge in [0.2, 0.25) is 23.0 Å². The van der Waals surface area contributed by atoms with Gasteiger partial charge in [0.25, 0.3) is 23.6 Å². The van der Waals surface area contributed by atoms with E-state index in [-0.39, 0.29) is 19.3 Å². The normalized spacial score (nSPS) is 22.1. The van der Waals surface area contributed by atoms with Crippen molar-refractivity contribution in [3.05, 3.63) is 107 Å². The molecule has 2 aliphatic rings. The molecule has 2 unspecified atom stereocenters. The highest BCUT2D eigenvalue weighted by Crippen LogP contribution is 2.51. The minimum absolute atomic E-state index is 0.221. The van der Waals surface area contributed by atoms with Crippen LogP contribution in [0.2, 0.25) is 0 Å². The number of fused-ring (bicyclic) bond motifs is 10. The molecule has 0 fully saturated rings. The van der Waals surface area contributed by atoms with Gasteiger partial charge in [-0.05, 0) is 108 Å². The zero-order valence-corrected chi connectivity index (χ0v) is 45.9. The fraction of sp³-hybridized carbons (Fsp3) is 0.509. The molecule has 16 nitrogen and oxygen atoms in total. The van der Waals surface area contributed by atoms with E-state index in [4.69, 9.17) is 38.3 Å². The molecule has 6 atom stereocenters. The highest BCUT2D eigenvalue weighted by Gasteiger charge is 2.63. The van der Waals surface area contributed by atoms with Crippen LogP contribution >= 0.6 is 0 Å². The molecule has 6 aromatic rings. The Hall–Kier alpha value is -7.23. The number of hydrogen-bond acceptors (Lipinski definition) is 15. The van der Waals surface area contributed by atoms with Crippen LogP contribution in [0.5, 0.6) is 11.8 Å². The van der Waals surface area contributed by atoms with Crippen molar-refractivity contribution in [2.24, 2.45) is 11.8 Å². The first-order chi connectivity index (χ1) is 38.7. The summed E-state index contributed by atoms with van der Waals surface area (Å²) in [7, 11) is 0. The summed E-state index contributed by atoms with van der Waals surface area (Å²) in [5.41, 5.74) is -4.99. The van der Waals surface area contributed by atoms with E-state index < -0.39 is 167 Å². The number of amides is 1. The molecule has 28 heteroatoms. The molecule has 8 rings (SSSR count). The molecular weight excluding hydrogens is 1130 g/mol. The Kier molecular flexibility index (Phi) is 19.0. The van der Waals surface area contributed by atoms with Gasteiger partial charge in [-0.25, -0.2) is 14.8 Å². The average Bonchev–Trinajstić information content (AvgIpc) is 2.27. The predicted octanol–water partition coefficient (Wildman–Crippen LogP) is 15.1. The second-order valence-corrected chi connectivity index (χ2v) is 21.5. The SMILES string of the molecule is CC1CCC[C@@H](C)Oc2nc(c(N)cc2C(F)(F)F)-c2nnc(o2)[C@@](OCc2ccccc2)(C(F)(F)F)C1.CC1CCC[C@@H](C)Oc2nc(c(NC(=O)OC(C)(C)C)cc2C(F)(F)F)-c2nnc(o2)[C@@](OCc2ccccc2)(C(F)(F)F)C1. The number of rotatable bonds is 7. The van der Waals surface area contributed by atoms with Crippen LogP contribution in [-0.2, 0) is 51.0 Å². The Bertz CT molecular complexity index is 3130. The molecule has 2 aromatic carbocycles. The Morgan fingerprint density at radius 3 is 1.42 bits per heavy atom. The maximum Gasteiger partial charge on any atom is 0.426 e. The Morgan fingerprint density at radius 1 is 0.602 bits per heavy atom. The van der Waals surface area contributed by atoms with Crippen LogP contribution in [0.3, 0.4) is 0 Å². The van der Waals surface area contributed by atoms with E-state index in [1.165, 1.54) is 27.7 Å². The monoisotopic (exact) mass is 1190 g/mol. The highest BCUT2D eigenvalue weighted by atomic mass is 19.4. The van der Waals surface area contributed by atoms with Crippen molar-refractivity contribution in [3.8, 4) is 34.9 Å². The van der Waals surface area contributed by atoms with Crippen LogP contribution in [0.25, 0.3) is 23.2 Å². The van der Waals surface area contributed by atoms with Gasteiger partial charge in [0, 0.05) is 0 Å². The summed E-state index contributed by atoms with van der Waals surface area (Å²) >= 11 is 0. The zero-order valence-electron chi connectivity index (χ0n) is 45.9. The van der Waals surface area contributed by atoms with Crippen LogP contribution in [0.15, 0.2) is 81.6 Å². The molecule has 0 radical (unpaired) electrons. The lowest BCUT2D eigenvalue weighted by atomic mass is 9.87. The average molecular weight is 1190 g/mol. The number of hydrogen-bond donors (Lipinski definition) is 2. The molecule has 452 valence electrons. The van der Waals surface area contributed by atoms with Crippen LogP contribution in [-0.4, -0.2) is 66.6 Å². The van der Waals surface area contributed by atoms with Crippen molar-refractivity contribution in [2.75, 3.05) is 11.1 Å². The topological polar surface area (TPSA) is 205 Å². The summed E-state index contributed by atoms with van der Waals surface area (Å²) in [6, 6.07) is 17.6. The lowest BCUT2D eigenvalue weighted by molar-refractivity contribution is -0.303. The smallest absolute Gasteiger partial charge is 0.426 e. The number of nitrogens with zero attached hydrogens (tertiary/aromatic N) is 6. The van der Waals surface area contributed by atoms with Crippen molar-refractivity contribution < 1.29 is 90.0 Å². The predicted molar refractivity (Wildman–Crippen MR) is 273 cm³/mol. The molecule has 0 aliphatic carbocycles. The first-order valence-electron chi connectivity index (χ1n) is 26.2. The van der Waals surface area contributed by atoms with Crippen LogP contribution < -0.4 is 20.5 Å².